The third-order valence-electron chi connectivity index (χ3n) is 6.98. The summed E-state index contributed by atoms with van der Waals surface area (Å²) in [6, 6.07) is 16.9. The molecule has 1 saturated heterocycles. The van der Waals surface area contributed by atoms with Crippen LogP contribution in [0.25, 0.3) is 22.4 Å². The molecule has 5 aromatic rings. The van der Waals surface area contributed by atoms with Crippen LogP contribution in [-0.4, -0.2) is 73.7 Å². The number of carbonyl (C=O) groups excluding carboxylic acids is 3. The van der Waals surface area contributed by atoms with E-state index in [1.807, 2.05) is 12.1 Å². The van der Waals surface area contributed by atoms with Gasteiger partial charge in [0.05, 0.1) is 22.3 Å². The maximum atomic E-state index is 15.1. The second-order valence-electron chi connectivity index (χ2n) is 9.44. The van der Waals surface area contributed by atoms with Crippen LogP contribution in [0.4, 0.5) is 4.39 Å². The van der Waals surface area contributed by atoms with Gasteiger partial charge >= 0.3 is 0 Å². The molecule has 1 unspecified atom stereocenters. The van der Waals surface area contributed by atoms with Gasteiger partial charge in [0.15, 0.2) is 5.82 Å². The summed E-state index contributed by atoms with van der Waals surface area (Å²) in [5, 5.41) is 3.40. The molecule has 1 atom stereocenters. The number of hydrogen-bond acceptors (Lipinski definition) is 8. The van der Waals surface area contributed by atoms with Crippen molar-refractivity contribution in [1.82, 2.24) is 29.9 Å². The molecule has 0 radical (unpaired) electrons. The summed E-state index contributed by atoms with van der Waals surface area (Å²) < 4.78 is 20.5. The van der Waals surface area contributed by atoms with Gasteiger partial charge in [0.2, 0.25) is 0 Å². The summed E-state index contributed by atoms with van der Waals surface area (Å²) in [4.78, 5) is 53.7. The molecule has 6 rings (SSSR count). The molecule has 4 heterocycles. The number of nitrogens with zero attached hydrogens (tertiary/aromatic N) is 5. The molecule has 41 heavy (non-hydrogen) atoms. The van der Waals surface area contributed by atoms with Crippen molar-refractivity contribution in [1.29, 1.82) is 0 Å². The molecule has 1 aliphatic rings. The van der Waals surface area contributed by atoms with E-state index in [0.29, 0.717) is 16.8 Å². The first kappa shape index (κ1) is 26.4. The van der Waals surface area contributed by atoms with Gasteiger partial charge in [-0.15, -0.1) is 0 Å². The zero-order valence-corrected chi connectivity index (χ0v) is 22.4. The van der Waals surface area contributed by atoms with E-state index in [0.717, 1.165) is 0 Å². The fourth-order valence-corrected chi connectivity index (χ4v) is 5.08. The zero-order valence-electron chi connectivity index (χ0n) is 21.5. The highest BCUT2D eigenvalue weighted by atomic mass is 32.1. The number of Topliss-reactive ketones (excluding diaryl/α,β-unsaturated/α-hetero) is 1. The SMILES string of the molecule is O=C(C(=O)N1CCN(C(=O)c2ccccc2)CC1)c1c[nH]c2c(-c3nc(C(S)c4ccccn4)no3)ccc(F)c12. The standard InChI is InChI=1S/C29H23FN6O4S/c30-20-10-9-18(27-33-26(34-40-27)25(41)21-8-4-5-11-31-21)23-22(20)19(16-32-23)24(37)29(39)36-14-12-35(13-15-36)28(38)17-6-2-1-3-7-17/h1-11,16,25,32,41H,12-15H2. The topological polar surface area (TPSA) is 125 Å². The van der Waals surface area contributed by atoms with Crippen LogP contribution in [0, 0.1) is 5.82 Å². The van der Waals surface area contributed by atoms with Gasteiger partial charge in [-0.1, -0.05) is 29.4 Å². The minimum atomic E-state index is -0.855. The minimum Gasteiger partial charge on any atom is -0.360 e. The van der Waals surface area contributed by atoms with Gasteiger partial charge in [0.1, 0.15) is 11.1 Å². The van der Waals surface area contributed by atoms with E-state index < -0.39 is 22.8 Å². The van der Waals surface area contributed by atoms with E-state index in [9.17, 15) is 14.4 Å². The molecule has 2 amide bonds. The maximum absolute atomic E-state index is 15.1. The summed E-state index contributed by atoms with van der Waals surface area (Å²) >= 11 is 4.54. The Morgan fingerprint density at radius 3 is 2.41 bits per heavy atom. The Balaban J connectivity index is 1.21. The Morgan fingerprint density at radius 1 is 0.951 bits per heavy atom. The molecule has 0 spiro atoms. The van der Waals surface area contributed by atoms with E-state index in [2.05, 4.69) is 32.7 Å². The van der Waals surface area contributed by atoms with Crippen molar-refractivity contribution in [3.05, 3.63) is 102 Å². The molecular weight excluding hydrogens is 547 g/mol. The minimum absolute atomic E-state index is 0.0503. The number of aromatic amines is 1. The molecule has 0 saturated carbocycles. The largest absolute Gasteiger partial charge is 0.360 e. The van der Waals surface area contributed by atoms with Crippen molar-refractivity contribution in [3.63, 3.8) is 0 Å². The van der Waals surface area contributed by atoms with Gasteiger partial charge in [-0.25, -0.2) is 4.39 Å². The molecule has 3 aromatic heterocycles. The predicted octanol–water partition coefficient (Wildman–Crippen LogP) is 3.94. The number of thiol groups is 1. The molecule has 0 aliphatic carbocycles. The van der Waals surface area contributed by atoms with Gasteiger partial charge in [-0.3, -0.25) is 19.4 Å². The second-order valence-corrected chi connectivity index (χ2v) is 9.96. The lowest BCUT2D eigenvalue weighted by molar-refractivity contribution is -0.127. The van der Waals surface area contributed by atoms with Crippen LogP contribution in [0.5, 0.6) is 0 Å². The third-order valence-corrected chi connectivity index (χ3v) is 7.48. The molecule has 2 aromatic carbocycles. The molecule has 206 valence electrons. The molecule has 10 nitrogen and oxygen atoms in total. The number of rotatable bonds is 6. The molecule has 1 fully saturated rings. The highest BCUT2D eigenvalue weighted by Gasteiger charge is 2.31. The molecule has 1 N–H and O–H groups in total. The van der Waals surface area contributed by atoms with Crippen LogP contribution in [0.15, 0.2) is 77.6 Å². The third kappa shape index (κ3) is 4.97. The Kier molecular flexibility index (Phi) is 7.06. The van der Waals surface area contributed by atoms with E-state index in [4.69, 9.17) is 4.52 Å². The summed E-state index contributed by atoms with van der Waals surface area (Å²) in [5.74, 6) is -2.08. The van der Waals surface area contributed by atoms with Crippen LogP contribution in [0.1, 0.15) is 37.5 Å². The number of halogens is 1. The lowest BCUT2D eigenvalue weighted by atomic mass is 10.0. The first-order valence-electron chi connectivity index (χ1n) is 12.8. The number of aromatic nitrogens is 4. The van der Waals surface area contributed by atoms with Crippen molar-refractivity contribution < 1.29 is 23.3 Å². The maximum Gasteiger partial charge on any atom is 0.295 e. The van der Waals surface area contributed by atoms with Crippen molar-refractivity contribution >= 4 is 41.1 Å². The second kappa shape index (κ2) is 11.0. The Bertz CT molecular complexity index is 1750. The average Bonchev–Trinajstić information content (AvgIpc) is 3.70. The van der Waals surface area contributed by atoms with Crippen molar-refractivity contribution in [3.8, 4) is 11.5 Å². The van der Waals surface area contributed by atoms with Crippen LogP contribution in [-0.2, 0) is 4.79 Å². The first-order chi connectivity index (χ1) is 19.9. The van der Waals surface area contributed by atoms with Crippen LogP contribution in [0.3, 0.4) is 0 Å². The fourth-order valence-electron chi connectivity index (χ4n) is 4.82. The number of nitrogens with one attached hydrogen (secondary N) is 1. The summed E-state index contributed by atoms with van der Waals surface area (Å²) in [6.07, 6.45) is 2.94. The quantitative estimate of drug-likeness (QED) is 0.180. The van der Waals surface area contributed by atoms with Crippen molar-refractivity contribution in [2.45, 2.75) is 5.25 Å². The monoisotopic (exact) mass is 570 g/mol. The molecule has 0 bridgehead atoms. The smallest absolute Gasteiger partial charge is 0.295 e. The predicted molar refractivity (Wildman–Crippen MR) is 150 cm³/mol. The lowest BCUT2D eigenvalue weighted by Gasteiger charge is -2.34. The average molecular weight is 571 g/mol. The van der Waals surface area contributed by atoms with Crippen molar-refractivity contribution in [2.75, 3.05) is 26.2 Å². The summed E-state index contributed by atoms with van der Waals surface area (Å²) in [5.41, 5.74) is 1.68. The number of pyridine rings is 1. The van der Waals surface area contributed by atoms with Crippen molar-refractivity contribution in [2.24, 2.45) is 0 Å². The Hall–Kier alpha value is -4.84. The number of piperazine rings is 1. The number of carbonyl (C=O) groups is 3. The first-order valence-corrected chi connectivity index (χ1v) is 13.3. The lowest BCUT2D eigenvalue weighted by Crippen LogP contribution is -2.52. The van der Waals surface area contributed by atoms with E-state index in [-0.39, 0.29) is 60.3 Å². The number of ketones is 1. The zero-order chi connectivity index (χ0) is 28.5. The number of hydrogen-bond donors (Lipinski definition) is 2. The number of fused-ring (bicyclic) bond motifs is 1. The van der Waals surface area contributed by atoms with Crippen LogP contribution >= 0.6 is 12.6 Å². The molecular formula is C29H23FN6O4S. The molecule has 1 aliphatic heterocycles. The number of amides is 2. The van der Waals surface area contributed by atoms with Gasteiger partial charge in [0, 0.05) is 49.5 Å². The van der Waals surface area contributed by atoms with Gasteiger partial charge < -0.3 is 19.3 Å². The van der Waals surface area contributed by atoms with Gasteiger partial charge in [0.25, 0.3) is 23.5 Å². The van der Waals surface area contributed by atoms with E-state index in [1.165, 1.54) is 23.2 Å². The van der Waals surface area contributed by atoms with Gasteiger partial charge in [-0.2, -0.15) is 17.6 Å². The highest BCUT2D eigenvalue weighted by molar-refractivity contribution is 7.80. The fraction of sp³-hybridized carbons (Fsp3) is 0.172. The Morgan fingerprint density at radius 2 is 1.68 bits per heavy atom. The number of H-pyrrole nitrogens is 1. The van der Waals surface area contributed by atoms with Crippen LogP contribution in [0.2, 0.25) is 0 Å². The summed E-state index contributed by atoms with van der Waals surface area (Å²) in [6.45, 7) is 0.933. The van der Waals surface area contributed by atoms with E-state index >= 15 is 4.39 Å². The number of benzene rings is 2. The van der Waals surface area contributed by atoms with Crippen LogP contribution < -0.4 is 0 Å². The van der Waals surface area contributed by atoms with E-state index in [1.54, 1.807) is 47.5 Å². The normalized spacial score (nSPS) is 14.3. The molecule has 12 heteroatoms. The van der Waals surface area contributed by atoms with Gasteiger partial charge in [-0.05, 0) is 36.4 Å². The Labute approximate surface area is 238 Å². The highest BCUT2D eigenvalue weighted by Crippen LogP contribution is 2.33. The summed E-state index contributed by atoms with van der Waals surface area (Å²) in [7, 11) is 0.